The van der Waals surface area contributed by atoms with E-state index in [-0.39, 0.29) is 24.5 Å². The molecule has 1 saturated heterocycles. The van der Waals surface area contributed by atoms with Crippen LogP contribution in [0.5, 0.6) is 5.75 Å². The molecule has 2 amide bonds. The van der Waals surface area contributed by atoms with Crippen molar-refractivity contribution in [2.45, 2.75) is 32.2 Å². The van der Waals surface area contributed by atoms with E-state index in [0.717, 1.165) is 35.0 Å². The monoisotopic (exact) mass is 444 g/mol. The largest absolute Gasteiger partial charge is 0.483 e. The minimum atomic E-state index is -0.123. The van der Waals surface area contributed by atoms with Crippen LogP contribution in [0, 0.1) is 0 Å². The lowest BCUT2D eigenvalue weighted by Crippen LogP contribution is -2.47. The number of benzene rings is 2. The molecule has 1 heterocycles. The smallest absolute Gasteiger partial charge is 0.258 e. The number of hydrogen-bond donors (Lipinski definition) is 1. The lowest BCUT2D eigenvalue weighted by molar-refractivity contribution is -0.124. The van der Waals surface area contributed by atoms with Crippen LogP contribution in [0.3, 0.4) is 0 Å². The molecule has 148 valence electrons. The quantitative estimate of drug-likeness (QED) is 0.736. The van der Waals surface area contributed by atoms with Gasteiger partial charge in [0.15, 0.2) is 6.61 Å². The van der Waals surface area contributed by atoms with Crippen LogP contribution in [0.15, 0.2) is 53.0 Å². The molecule has 0 spiro atoms. The number of rotatable bonds is 6. The lowest BCUT2D eigenvalue weighted by atomic mass is 10.0. The molecule has 0 bridgehead atoms. The van der Waals surface area contributed by atoms with E-state index in [1.807, 2.05) is 53.4 Å². The molecular weight excluding hydrogens is 420 g/mol. The highest BCUT2D eigenvalue weighted by Crippen LogP contribution is 2.19. The second kappa shape index (κ2) is 9.73. The summed E-state index contributed by atoms with van der Waals surface area (Å²) < 4.78 is 6.57. The molecule has 0 atom stereocenters. The van der Waals surface area contributed by atoms with Crippen molar-refractivity contribution >= 4 is 27.7 Å². The molecule has 0 radical (unpaired) electrons. The van der Waals surface area contributed by atoms with Crippen LogP contribution < -0.4 is 10.1 Å². The summed E-state index contributed by atoms with van der Waals surface area (Å²) in [5.41, 5.74) is 1.77. The number of nitrogens with one attached hydrogen (secondary N) is 1. The van der Waals surface area contributed by atoms with Gasteiger partial charge in [0.05, 0.1) is 0 Å². The number of nitrogens with zero attached hydrogens (tertiary/aromatic N) is 1. The van der Waals surface area contributed by atoms with E-state index < -0.39 is 0 Å². The van der Waals surface area contributed by atoms with Crippen molar-refractivity contribution < 1.29 is 14.3 Å². The number of aryl methyl sites for hydroxylation is 1. The zero-order valence-electron chi connectivity index (χ0n) is 16.0. The van der Waals surface area contributed by atoms with Gasteiger partial charge < -0.3 is 15.0 Å². The number of carbonyl (C=O) groups excluding carboxylic acids is 2. The first kappa shape index (κ1) is 20.4. The normalized spacial score (nSPS) is 14.6. The second-order valence-electron chi connectivity index (χ2n) is 6.89. The average Bonchev–Trinajstić information content (AvgIpc) is 2.72. The Bertz CT molecular complexity index is 832. The molecule has 3 rings (SSSR count). The molecule has 5 nitrogen and oxygen atoms in total. The molecule has 1 fully saturated rings. The van der Waals surface area contributed by atoms with E-state index in [1.54, 1.807) is 0 Å². The molecule has 0 aliphatic carbocycles. The van der Waals surface area contributed by atoms with Gasteiger partial charge in [-0.15, -0.1) is 0 Å². The van der Waals surface area contributed by atoms with E-state index in [9.17, 15) is 9.59 Å². The van der Waals surface area contributed by atoms with Crippen molar-refractivity contribution in [2.24, 2.45) is 0 Å². The van der Waals surface area contributed by atoms with Gasteiger partial charge >= 0.3 is 0 Å². The summed E-state index contributed by atoms with van der Waals surface area (Å²) in [6.45, 7) is 3.34. The summed E-state index contributed by atoms with van der Waals surface area (Å²) in [5, 5.41) is 3.03. The number of para-hydroxylation sites is 1. The van der Waals surface area contributed by atoms with Gasteiger partial charge in [-0.05, 0) is 49.1 Å². The molecule has 0 unspecified atom stereocenters. The van der Waals surface area contributed by atoms with Gasteiger partial charge in [-0.2, -0.15) is 0 Å². The fourth-order valence-electron chi connectivity index (χ4n) is 3.38. The minimum absolute atomic E-state index is 0.00814. The fourth-order valence-corrected chi connectivity index (χ4v) is 3.78. The number of hydrogen-bond acceptors (Lipinski definition) is 3. The van der Waals surface area contributed by atoms with Gasteiger partial charge in [0, 0.05) is 29.2 Å². The highest BCUT2D eigenvalue weighted by molar-refractivity contribution is 9.10. The van der Waals surface area contributed by atoms with Gasteiger partial charge in [-0.1, -0.05) is 47.1 Å². The maximum Gasteiger partial charge on any atom is 0.258 e. The zero-order chi connectivity index (χ0) is 19.9. The molecule has 2 aromatic carbocycles. The SMILES string of the molecule is CCc1ccccc1OCC(=O)NC1CCN(C(=O)c2cccc(Br)c2)CC1. The van der Waals surface area contributed by atoms with Crippen LogP contribution in [0.1, 0.15) is 35.7 Å². The Labute approximate surface area is 174 Å². The molecule has 1 aliphatic heterocycles. The molecule has 28 heavy (non-hydrogen) atoms. The predicted molar refractivity (Wildman–Crippen MR) is 113 cm³/mol. The van der Waals surface area contributed by atoms with Crippen LogP contribution in [-0.4, -0.2) is 42.5 Å². The number of carbonyl (C=O) groups is 2. The Morgan fingerprint density at radius 2 is 1.89 bits per heavy atom. The van der Waals surface area contributed by atoms with Gasteiger partial charge in [0.2, 0.25) is 0 Å². The summed E-state index contributed by atoms with van der Waals surface area (Å²) >= 11 is 3.40. The van der Waals surface area contributed by atoms with E-state index in [4.69, 9.17) is 4.74 Å². The predicted octanol–water partition coefficient (Wildman–Crippen LogP) is 3.81. The number of amides is 2. The molecule has 6 heteroatoms. The number of likely N-dealkylation sites (tertiary alicyclic amines) is 1. The Morgan fingerprint density at radius 1 is 1.14 bits per heavy atom. The third-order valence-corrected chi connectivity index (χ3v) is 5.42. The van der Waals surface area contributed by atoms with Crippen molar-refractivity contribution in [2.75, 3.05) is 19.7 Å². The minimum Gasteiger partial charge on any atom is -0.483 e. The van der Waals surface area contributed by atoms with Crippen LogP contribution in [0.25, 0.3) is 0 Å². The van der Waals surface area contributed by atoms with Gasteiger partial charge in [0.1, 0.15) is 5.75 Å². The third kappa shape index (κ3) is 5.35. The van der Waals surface area contributed by atoms with Gasteiger partial charge in [-0.3, -0.25) is 9.59 Å². The zero-order valence-corrected chi connectivity index (χ0v) is 17.6. The van der Waals surface area contributed by atoms with Crippen molar-refractivity contribution in [1.29, 1.82) is 0 Å². The average molecular weight is 445 g/mol. The Hall–Kier alpha value is -2.34. The summed E-state index contributed by atoms with van der Waals surface area (Å²) in [4.78, 5) is 26.7. The van der Waals surface area contributed by atoms with Gasteiger partial charge in [-0.25, -0.2) is 0 Å². The first-order valence-electron chi connectivity index (χ1n) is 9.61. The van der Waals surface area contributed by atoms with Crippen LogP contribution >= 0.6 is 15.9 Å². The third-order valence-electron chi connectivity index (χ3n) is 4.93. The van der Waals surface area contributed by atoms with E-state index in [1.165, 1.54) is 0 Å². The topological polar surface area (TPSA) is 58.6 Å². The Balaban J connectivity index is 1.45. The number of ether oxygens (including phenoxy) is 1. The van der Waals surface area contributed by atoms with Crippen LogP contribution in [-0.2, 0) is 11.2 Å². The second-order valence-corrected chi connectivity index (χ2v) is 7.81. The summed E-state index contributed by atoms with van der Waals surface area (Å²) in [6, 6.07) is 15.3. The van der Waals surface area contributed by atoms with Crippen LogP contribution in [0.4, 0.5) is 0 Å². The molecule has 0 saturated carbocycles. The number of piperidine rings is 1. The first-order chi connectivity index (χ1) is 13.6. The summed E-state index contributed by atoms with van der Waals surface area (Å²) in [6.07, 6.45) is 2.36. The first-order valence-corrected chi connectivity index (χ1v) is 10.4. The highest BCUT2D eigenvalue weighted by Gasteiger charge is 2.24. The Kier molecular flexibility index (Phi) is 7.09. The van der Waals surface area contributed by atoms with Crippen molar-refractivity contribution in [1.82, 2.24) is 10.2 Å². The molecule has 1 aliphatic rings. The van der Waals surface area contributed by atoms with E-state index in [0.29, 0.717) is 18.7 Å². The van der Waals surface area contributed by atoms with Crippen LogP contribution in [0.2, 0.25) is 0 Å². The molecule has 1 N–H and O–H groups in total. The molecular formula is C22H25BrN2O3. The fraction of sp³-hybridized carbons (Fsp3) is 0.364. The Morgan fingerprint density at radius 3 is 2.61 bits per heavy atom. The number of halogens is 1. The standard InChI is InChI=1S/C22H25BrN2O3/c1-2-16-6-3-4-9-20(16)28-15-21(26)24-19-10-12-25(13-11-19)22(27)17-7-5-8-18(23)14-17/h3-9,14,19H,2,10-13,15H2,1H3,(H,24,26). The maximum absolute atomic E-state index is 12.6. The molecule has 0 aromatic heterocycles. The van der Waals surface area contributed by atoms with Crippen molar-refractivity contribution in [3.05, 3.63) is 64.1 Å². The van der Waals surface area contributed by atoms with Crippen molar-refractivity contribution in [3.63, 3.8) is 0 Å². The van der Waals surface area contributed by atoms with Crippen molar-refractivity contribution in [3.8, 4) is 5.75 Å². The lowest BCUT2D eigenvalue weighted by Gasteiger charge is -2.32. The summed E-state index contributed by atoms with van der Waals surface area (Å²) in [7, 11) is 0. The maximum atomic E-state index is 12.6. The van der Waals surface area contributed by atoms with E-state index in [2.05, 4.69) is 28.2 Å². The summed E-state index contributed by atoms with van der Waals surface area (Å²) in [5.74, 6) is 0.669. The highest BCUT2D eigenvalue weighted by atomic mass is 79.9. The van der Waals surface area contributed by atoms with Gasteiger partial charge in [0.25, 0.3) is 11.8 Å². The van der Waals surface area contributed by atoms with E-state index >= 15 is 0 Å². The molecule has 2 aromatic rings.